The van der Waals surface area contributed by atoms with Crippen molar-refractivity contribution in [3.05, 3.63) is 24.8 Å². The second-order valence-corrected chi connectivity index (χ2v) is 3.16. The van der Waals surface area contributed by atoms with E-state index in [1.807, 2.05) is 0 Å². The normalized spacial score (nSPS) is 9.44. The topological polar surface area (TPSA) is 17.1 Å². The van der Waals surface area contributed by atoms with Crippen LogP contribution in [0.15, 0.2) is 24.8 Å². The van der Waals surface area contributed by atoms with E-state index >= 15 is 0 Å². The molecular formula is C6H5ClOW. The van der Waals surface area contributed by atoms with Crippen molar-refractivity contribution in [2.45, 2.75) is 0 Å². The minimum absolute atomic E-state index is 0.386. The van der Waals surface area contributed by atoms with Gasteiger partial charge in [-0.3, -0.25) is 0 Å². The van der Waals surface area contributed by atoms with Gasteiger partial charge >= 0.3 is 69.7 Å². The van der Waals surface area contributed by atoms with E-state index in [0.717, 1.165) is 19.4 Å². The molecule has 0 fully saturated rings. The summed E-state index contributed by atoms with van der Waals surface area (Å²) in [5.74, 6) is 0. The Hall–Kier alpha value is -0.00169. The van der Waals surface area contributed by atoms with Crippen LogP contribution in [-0.4, -0.2) is 9.14 Å². The van der Waals surface area contributed by atoms with Crippen LogP contribution in [0.5, 0.6) is 0 Å². The van der Waals surface area contributed by atoms with E-state index in [4.69, 9.17) is 11.6 Å². The van der Waals surface area contributed by atoms with Crippen molar-refractivity contribution >= 4 is 20.7 Å². The Morgan fingerprint density at radius 3 is 2.56 bits per heavy atom. The van der Waals surface area contributed by atoms with Crippen LogP contribution in [0.3, 0.4) is 0 Å². The first-order valence-electron chi connectivity index (χ1n) is 2.21. The molecule has 1 nitrogen and oxygen atoms in total. The van der Waals surface area contributed by atoms with Gasteiger partial charge in [-0.2, -0.15) is 0 Å². The molecule has 0 aromatic carbocycles. The van der Waals surface area contributed by atoms with Gasteiger partial charge in [0.25, 0.3) is 0 Å². The van der Waals surface area contributed by atoms with Crippen LogP contribution in [0.2, 0.25) is 0 Å². The first-order valence-corrected chi connectivity index (χ1v) is 4.06. The molecular weight excluding hydrogens is 307 g/mol. The van der Waals surface area contributed by atoms with E-state index in [1.165, 1.54) is 0 Å². The molecule has 0 unspecified atom stereocenters. The first kappa shape index (κ1) is 9.00. The van der Waals surface area contributed by atoms with Crippen molar-refractivity contribution in [1.82, 2.24) is 0 Å². The van der Waals surface area contributed by atoms with Gasteiger partial charge in [0.05, 0.1) is 0 Å². The molecule has 48 valence electrons. The Morgan fingerprint density at radius 1 is 1.67 bits per heavy atom. The molecule has 3 heteroatoms. The Morgan fingerprint density at radius 2 is 2.22 bits per heavy atom. The van der Waals surface area contributed by atoms with Crippen molar-refractivity contribution in [3.63, 3.8) is 0 Å². The second-order valence-electron chi connectivity index (χ2n) is 1.23. The van der Waals surface area contributed by atoms with Crippen LogP contribution in [-0.2, 0) is 24.1 Å². The molecule has 9 heavy (non-hydrogen) atoms. The van der Waals surface area contributed by atoms with Crippen molar-refractivity contribution in [3.8, 4) is 0 Å². The number of hydrogen-bond donors (Lipinski definition) is 0. The molecule has 0 N–H and O–H groups in total. The van der Waals surface area contributed by atoms with Crippen LogP contribution >= 0.6 is 11.6 Å². The molecule has 0 aliphatic carbocycles. The maximum atomic E-state index is 10.3. The fourth-order valence-electron chi connectivity index (χ4n) is 0.221. The van der Waals surface area contributed by atoms with E-state index in [1.54, 1.807) is 18.2 Å². The fourth-order valence-corrected chi connectivity index (χ4v) is 0.566. The predicted octanol–water partition coefficient (Wildman–Crippen LogP) is 1.21. The molecule has 0 bridgehead atoms. The number of carbonyl (C=O) groups excluding carboxylic acids is 1. The molecule has 0 amide bonds. The third-order valence-corrected chi connectivity index (χ3v) is 2.38. The summed E-state index contributed by atoms with van der Waals surface area (Å²) in [6.07, 6.45) is 4.93. The predicted molar refractivity (Wildman–Crippen MR) is 35.2 cm³/mol. The number of allylic oxidation sites excluding steroid dienone is 3. The summed E-state index contributed by atoms with van der Waals surface area (Å²) < 4.78 is 0.608. The Bertz CT molecular complexity index is 172. The van der Waals surface area contributed by atoms with Crippen molar-refractivity contribution in [2.75, 3.05) is 0 Å². The molecule has 0 aromatic heterocycles. The fraction of sp³-hybridized carbons (Fsp3) is 0. The summed E-state index contributed by atoms with van der Waals surface area (Å²) in [5, 5.41) is -0.386. The van der Waals surface area contributed by atoms with Gasteiger partial charge in [-0.05, 0) is 0 Å². The number of halogens is 1. The Kier molecular flexibility index (Phi) is 4.84. The van der Waals surface area contributed by atoms with Crippen LogP contribution in [0.25, 0.3) is 0 Å². The molecule has 0 heterocycles. The summed E-state index contributed by atoms with van der Waals surface area (Å²) in [5.41, 5.74) is 0. The van der Waals surface area contributed by atoms with E-state index in [2.05, 4.69) is 6.58 Å². The zero-order chi connectivity index (χ0) is 7.28. The van der Waals surface area contributed by atoms with Gasteiger partial charge in [0.1, 0.15) is 0 Å². The van der Waals surface area contributed by atoms with Gasteiger partial charge in [0.2, 0.25) is 0 Å². The third kappa shape index (κ3) is 4.50. The van der Waals surface area contributed by atoms with Gasteiger partial charge in [0.15, 0.2) is 0 Å². The SMILES string of the molecule is C=C/C=C\[C](=[W])C(=O)Cl. The van der Waals surface area contributed by atoms with Crippen LogP contribution in [0.4, 0.5) is 0 Å². The molecule has 0 rings (SSSR count). The minimum atomic E-state index is -0.386. The number of rotatable bonds is 3. The van der Waals surface area contributed by atoms with E-state index in [0.29, 0.717) is 3.90 Å². The Labute approximate surface area is 69.8 Å². The number of hydrogen-bond acceptors (Lipinski definition) is 1. The summed E-state index contributed by atoms with van der Waals surface area (Å²) in [4.78, 5) is 10.3. The molecule has 0 spiro atoms. The van der Waals surface area contributed by atoms with Gasteiger partial charge < -0.3 is 0 Å². The van der Waals surface area contributed by atoms with E-state index in [-0.39, 0.29) is 5.24 Å². The molecule has 0 aromatic rings. The van der Waals surface area contributed by atoms with Crippen LogP contribution in [0, 0.1) is 0 Å². The summed E-state index contributed by atoms with van der Waals surface area (Å²) >= 11 is 6.20. The van der Waals surface area contributed by atoms with Crippen molar-refractivity contribution in [1.29, 1.82) is 0 Å². The van der Waals surface area contributed by atoms with Crippen molar-refractivity contribution < 1.29 is 24.1 Å². The average molecular weight is 312 g/mol. The van der Waals surface area contributed by atoms with Crippen molar-refractivity contribution in [2.24, 2.45) is 0 Å². The zero-order valence-corrected chi connectivity index (χ0v) is 8.32. The maximum absolute atomic E-state index is 10.3. The molecule has 0 atom stereocenters. The summed E-state index contributed by atoms with van der Waals surface area (Å²) in [7, 11) is 0. The van der Waals surface area contributed by atoms with Gasteiger partial charge in [-0.25, -0.2) is 0 Å². The first-order chi connectivity index (χ1) is 4.18. The second kappa shape index (κ2) is 4.84. The molecule has 0 saturated heterocycles. The molecule has 0 aliphatic heterocycles. The Balaban J connectivity index is 3.92. The molecule has 0 saturated carbocycles. The summed E-state index contributed by atoms with van der Waals surface area (Å²) in [6, 6.07) is 0. The molecule has 0 aliphatic rings. The van der Waals surface area contributed by atoms with Gasteiger partial charge in [0, 0.05) is 0 Å². The average Bonchev–Trinajstić information content (AvgIpc) is 1.82. The van der Waals surface area contributed by atoms with E-state index in [9.17, 15) is 4.79 Å². The van der Waals surface area contributed by atoms with Crippen LogP contribution < -0.4 is 0 Å². The van der Waals surface area contributed by atoms with Gasteiger partial charge in [-0.15, -0.1) is 0 Å². The standard InChI is InChI=1S/C6H5ClO.W/c1-2-3-4-5-6(7)8;/h2-4H,1H2;/b4-3-;. The number of carbonyl (C=O) groups is 1. The van der Waals surface area contributed by atoms with E-state index < -0.39 is 0 Å². The van der Waals surface area contributed by atoms with Crippen LogP contribution in [0.1, 0.15) is 0 Å². The van der Waals surface area contributed by atoms with Gasteiger partial charge in [-0.1, -0.05) is 0 Å². The zero-order valence-electron chi connectivity index (χ0n) is 4.63. The quantitative estimate of drug-likeness (QED) is 0.566. The summed E-state index contributed by atoms with van der Waals surface area (Å²) in [6.45, 7) is 3.45. The monoisotopic (exact) mass is 312 g/mol. The molecule has 0 radical (unpaired) electrons. The third-order valence-electron chi connectivity index (χ3n) is 0.577.